The highest BCUT2D eigenvalue weighted by Gasteiger charge is 2.28. The molecule has 2 aromatic heterocycles. The maximum atomic E-state index is 14.9. The summed E-state index contributed by atoms with van der Waals surface area (Å²) in [6, 6.07) is 5.80. The van der Waals surface area contributed by atoms with Crippen molar-refractivity contribution in [3.8, 4) is 11.3 Å². The summed E-state index contributed by atoms with van der Waals surface area (Å²) >= 11 is 0. The normalized spacial score (nSPS) is 19.0. The molecule has 1 aromatic carbocycles. The number of fused-ring (bicyclic) bond motifs is 1. The summed E-state index contributed by atoms with van der Waals surface area (Å²) in [4.78, 5) is 13.3. The van der Waals surface area contributed by atoms with Gasteiger partial charge in [0.05, 0.1) is 30.5 Å². The van der Waals surface area contributed by atoms with Gasteiger partial charge in [0.1, 0.15) is 5.69 Å². The molecule has 0 amide bonds. The lowest BCUT2D eigenvalue weighted by atomic mass is 9.84. The van der Waals surface area contributed by atoms with Crippen molar-refractivity contribution in [3.63, 3.8) is 0 Å². The van der Waals surface area contributed by atoms with Gasteiger partial charge in [-0.3, -0.25) is 4.98 Å². The third-order valence-electron chi connectivity index (χ3n) is 6.47. The third kappa shape index (κ3) is 5.44. The van der Waals surface area contributed by atoms with Gasteiger partial charge in [-0.1, -0.05) is 33.8 Å². The van der Waals surface area contributed by atoms with E-state index in [1.165, 1.54) is 11.8 Å². The van der Waals surface area contributed by atoms with E-state index in [2.05, 4.69) is 62.1 Å². The smallest absolute Gasteiger partial charge is 0.223 e. The maximum Gasteiger partial charge on any atom is 0.223 e. The zero-order valence-electron chi connectivity index (χ0n) is 21.4. The summed E-state index contributed by atoms with van der Waals surface area (Å²) in [5.74, 6) is 0.0200. The molecule has 1 aliphatic rings. The number of aliphatic hydroxyl groups excluding tert-OH is 1. The van der Waals surface area contributed by atoms with Gasteiger partial charge in [0.2, 0.25) is 5.95 Å². The number of rotatable bonds is 7. The highest BCUT2D eigenvalue weighted by atomic mass is 19.1. The molecule has 1 saturated heterocycles. The molecule has 0 saturated carbocycles. The van der Waals surface area contributed by atoms with E-state index in [0.717, 1.165) is 16.5 Å². The molecule has 0 spiro atoms. The fourth-order valence-corrected chi connectivity index (χ4v) is 4.98. The molecule has 3 heterocycles. The van der Waals surface area contributed by atoms with Gasteiger partial charge >= 0.3 is 0 Å². The van der Waals surface area contributed by atoms with Gasteiger partial charge in [0.15, 0.2) is 5.82 Å². The number of hydrogen-bond donors (Lipinski definition) is 3. The van der Waals surface area contributed by atoms with E-state index in [4.69, 9.17) is 9.72 Å². The van der Waals surface area contributed by atoms with E-state index in [-0.39, 0.29) is 35.7 Å². The average molecular weight is 482 g/mol. The molecule has 3 aromatic rings. The van der Waals surface area contributed by atoms with Crippen LogP contribution in [0.25, 0.3) is 22.2 Å². The van der Waals surface area contributed by atoms with Gasteiger partial charge in [-0.25, -0.2) is 14.4 Å². The van der Waals surface area contributed by atoms with Gasteiger partial charge in [0, 0.05) is 35.3 Å². The minimum atomic E-state index is -0.664. The van der Waals surface area contributed by atoms with E-state index in [9.17, 15) is 9.50 Å². The Morgan fingerprint density at radius 2 is 1.91 bits per heavy atom. The first-order chi connectivity index (χ1) is 16.6. The van der Waals surface area contributed by atoms with Crippen LogP contribution in [0.2, 0.25) is 0 Å². The number of halogens is 1. The van der Waals surface area contributed by atoms with Crippen molar-refractivity contribution in [2.75, 3.05) is 18.5 Å². The molecule has 0 aliphatic carbocycles. The van der Waals surface area contributed by atoms with Crippen molar-refractivity contribution < 1.29 is 14.2 Å². The van der Waals surface area contributed by atoms with Crippen molar-refractivity contribution >= 4 is 16.9 Å². The van der Waals surface area contributed by atoms with E-state index in [1.54, 1.807) is 0 Å². The Kier molecular flexibility index (Phi) is 7.35. The standard InChI is InChI=1S/C27H36FN5O2/c1-15(2)24-18-11-17(7-8-21(18)29-12-19(24)27(5,6)33-16(3)4)25-20(28)13-30-26(32-25)31-22-9-10-35-14-23(22)34/h7-8,11-13,15-16,22-23,33-34H,9-10,14H2,1-6H3,(H,30,31,32)/t22-,23-/m1/s1. The molecule has 3 N–H and O–H groups in total. The molecule has 4 rings (SSSR count). The van der Waals surface area contributed by atoms with Crippen LogP contribution in [0.4, 0.5) is 10.3 Å². The largest absolute Gasteiger partial charge is 0.389 e. The minimum Gasteiger partial charge on any atom is -0.389 e. The monoisotopic (exact) mass is 481 g/mol. The Hall–Kier alpha value is -2.68. The zero-order valence-corrected chi connectivity index (χ0v) is 21.4. The molecule has 8 heteroatoms. The van der Waals surface area contributed by atoms with E-state index < -0.39 is 11.9 Å². The Balaban J connectivity index is 1.78. The molecule has 35 heavy (non-hydrogen) atoms. The van der Waals surface area contributed by atoms with Crippen LogP contribution < -0.4 is 10.6 Å². The Morgan fingerprint density at radius 1 is 1.14 bits per heavy atom. The number of pyridine rings is 1. The fraction of sp³-hybridized carbons (Fsp3) is 0.519. The van der Waals surface area contributed by atoms with Crippen LogP contribution in [0.5, 0.6) is 0 Å². The first kappa shape index (κ1) is 25.4. The van der Waals surface area contributed by atoms with Crippen molar-refractivity contribution in [2.45, 2.75) is 77.6 Å². The SMILES string of the molecule is CC(C)NC(C)(C)c1cnc2ccc(-c3nc(N[C@@H]4CCOC[C@H]4O)ncc3F)cc2c1C(C)C. The first-order valence-corrected chi connectivity index (χ1v) is 12.3. The second kappa shape index (κ2) is 10.1. The predicted molar refractivity (Wildman–Crippen MR) is 137 cm³/mol. The summed E-state index contributed by atoms with van der Waals surface area (Å²) in [5, 5.41) is 18.0. The second-order valence-corrected chi connectivity index (χ2v) is 10.5. The lowest BCUT2D eigenvalue weighted by Crippen LogP contribution is -2.42. The Bertz CT molecular complexity index is 1200. The molecule has 0 radical (unpaired) electrons. The molecule has 2 atom stereocenters. The number of nitrogens with one attached hydrogen (secondary N) is 2. The van der Waals surface area contributed by atoms with Crippen LogP contribution in [0.15, 0.2) is 30.6 Å². The number of ether oxygens (including phenoxy) is 1. The van der Waals surface area contributed by atoms with E-state index in [0.29, 0.717) is 24.6 Å². The maximum absolute atomic E-state index is 14.9. The number of anilines is 1. The van der Waals surface area contributed by atoms with Crippen LogP contribution in [-0.4, -0.2) is 51.5 Å². The first-order valence-electron chi connectivity index (χ1n) is 12.3. The number of aromatic nitrogens is 3. The number of benzene rings is 1. The topological polar surface area (TPSA) is 92.2 Å². The molecule has 7 nitrogen and oxygen atoms in total. The molecular formula is C27H36FN5O2. The van der Waals surface area contributed by atoms with E-state index >= 15 is 0 Å². The molecule has 1 aliphatic heterocycles. The Morgan fingerprint density at radius 3 is 2.60 bits per heavy atom. The summed E-state index contributed by atoms with van der Waals surface area (Å²) in [6.07, 6.45) is 3.09. The highest BCUT2D eigenvalue weighted by Crippen LogP contribution is 2.36. The quantitative estimate of drug-likeness (QED) is 0.449. The molecule has 1 fully saturated rings. The molecular weight excluding hydrogens is 445 g/mol. The number of hydrogen-bond acceptors (Lipinski definition) is 7. The van der Waals surface area contributed by atoms with Gasteiger partial charge in [-0.15, -0.1) is 0 Å². The van der Waals surface area contributed by atoms with Gasteiger partial charge in [-0.2, -0.15) is 0 Å². The summed E-state index contributed by atoms with van der Waals surface area (Å²) in [5.41, 5.74) is 3.76. The van der Waals surface area contributed by atoms with Crippen LogP contribution in [0.1, 0.15) is 65.0 Å². The summed E-state index contributed by atoms with van der Waals surface area (Å²) < 4.78 is 20.2. The van der Waals surface area contributed by atoms with Crippen molar-refractivity contribution in [2.24, 2.45) is 0 Å². The predicted octanol–water partition coefficient (Wildman–Crippen LogP) is 4.75. The molecule has 188 valence electrons. The van der Waals surface area contributed by atoms with Crippen molar-refractivity contribution in [3.05, 3.63) is 47.5 Å². The van der Waals surface area contributed by atoms with Gasteiger partial charge < -0.3 is 20.5 Å². The lowest BCUT2D eigenvalue weighted by Gasteiger charge is -2.32. The van der Waals surface area contributed by atoms with E-state index in [1.807, 2.05) is 24.4 Å². The van der Waals surface area contributed by atoms with Crippen LogP contribution in [-0.2, 0) is 10.3 Å². The summed E-state index contributed by atoms with van der Waals surface area (Å²) in [7, 11) is 0. The fourth-order valence-electron chi connectivity index (χ4n) is 4.98. The number of aliphatic hydroxyl groups is 1. The van der Waals surface area contributed by atoms with Crippen LogP contribution >= 0.6 is 0 Å². The highest BCUT2D eigenvalue weighted by molar-refractivity contribution is 5.88. The Labute approximate surface area is 206 Å². The van der Waals surface area contributed by atoms with Crippen LogP contribution in [0.3, 0.4) is 0 Å². The average Bonchev–Trinajstić information content (AvgIpc) is 2.79. The van der Waals surface area contributed by atoms with Crippen molar-refractivity contribution in [1.82, 2.24) is 20.3 Å². The zero-order chi connectivity index (χ0) is 25.3. The van der Waals surface area contributed by atoms with Gasteiger partial charge in [-0.05, 0) is 49.4 Å². The molecule has 0 bridgehead atoms. The van der Waals surface area contributed by atoms with Gasteiger partial charge in [0.25, 0.3) is 0 Å². The molecule has 0 unspecified atom stereocenters. The number of nitrogens with zero attached hydrogens (tertiary/aromatic N) is 3. The third-order valence-corrected chi connectivity index (χ3v) is 6.47. The lowest BCUT2D eigenvalue weighted by molar-refractivity contribution is -0.0136. The minimum absolute atomic E-state index is 0.214. The van der Waals surface area contributed by atoms with Crippen molar-refractivity contribution in [1.29, 1.82) is 0 Å². The van der Waals surface area contributed by atoms with Crippen LogP contribution in [0, 0.1) is 5.82 Å². The summed E-state index contributed by atoms with van der Waals surface area (Å²) in [6.45, 7) is 13.7. The second-order valence-electron chi connectivity index (χ2n) is 10.5.